The Kier molecular flexibility index (Phi) is 7.39. The van der Waals surface area contributed by atoms with Crippen LogP contribution < -0.4 is 5.32 Å². The van der Waals surface area contributed by atoms with Crippen LogP contribution in [0.5, 0.6) is 0 Å². The Balaban J connectivity index is 2.28. The van der Waals surface area contributed by atoms with Crippen LogP contribution in [-0.2, 0) is 9.53 Å². The van der Waals surface area contributed by atoms with Crippen molar-refractivity contribution in [1.82, 2.24) is 5.32 Å². The standard InChI is InChI=1S/C15H29NO3/c1-4-5-14-9-12(6-7-19-14)15(18)16-10-13(17)8-11(2)3/h11-14,17H,4-10H2,1-3H3,(H,16,18). The van der Waals surface area contributed by atoms with Crippen LogP contribution in [0.3, 0.4) is 0 Å². The third-order valence-electron chi connectivity index (χ3n) is 3.60. The van der Waals surface area contributed by atoms with Crippen LogP contribution >= 0.6 is 0 Å². The highest BCUT2D eigenvalue weighted by atomic mass is 16.5. The van der Waals surface area contributed by atoms with Gasteiger partial charge >= 0.3 is 0 Å². The molecule has 1 aliphatic heterocycles. The molecular weight excluding hydrogens is 242 g/mol. The number of hydrogen-bond acceptors (Lipinski definition) is 3. The summed E-state index contributed by atoms with van der Waals surface area (Å²) < 4.78 is 5.65. The first-order valence-electron chi connectivity index (χ1n) is 7.60. The molecule has 3 unspecified atom stereocenters. The van der Waals surface area contributed by atoms with Gasteiger partial charge in [0.05, 0.1) is 12.2 Å². The molecule has 0 radical (unpaired) electrons. The number of aliphatic hydroxyl groups excluding tert-OH is 1. The van der Waals surface area contributed by atoms with E-state index in [-0.39, 0.29) is 17.9 Å². The lowest BCUT2D eigenvalue weighted by atomic mass is 9.92. The van der Waals surface area contributed by atoms with E-state index < -0.39 is 6.10 Å². The lowest BCUT2D eigenvalue weighted by molar-refractivity contribution is -0.130. The minimum Gasteiger partial charge on any atom is -0.391 e. The first-order valence-corrected chi connectivity index (χ1v) is 7.60. The summed E-state index contributed by atoms with van der Waals surface area (Å²) in [7, 11) is 0. The molecule has 0 saturated carbocycles. The quantitative estimate of drug-likeness (QED) is 0.745. The first kappa shape index (κ1) is 16.4. The summed E-state index contributed by atoms with van der Waals surface area (Å²) in [6.45, 7) is 7.32. The molecule has 0 bridgehead atoms. The van der Waals surface area contributed by atoms with Gasteiger partial charge in [-0.25, -0.2) is 0 Å². The minimum atomic E-state index is -0.435. The average molecular weight is 271 g/mol. The predicted molar refractivity (Wildman–Crippen MR) is 75.8 cm³/mol. The second kappa shape index (κ2) is 8.54. The van der Waals surface area contributed by atoms with Gasteiger partial charge in [0.15, 0.2) is 0 Å². The van der Waals surface area contributed by atoms with Crippen molar-refractivity contribution in [2.75, 3.05) is 13.2 Å². The van der Waals surface area contributed by atoms with Gasteiger partial charge in [0.25, 0.3) is 0 Å². The number of amides is 1. The van der Waals surface area contributed by atoms with E-state index in [1.54, 1.807) is 0 Å². The van der Waals surface area contributed by atoms with Crippen LogP contribution in [-0.4, -0.2) is 36.4 Å². The molecule has 19 heavy (non-hydrogen) atoms. The van der Waals surface area contributed by atoms with E-state index in [1.165, 1.54) is 0 Å². The Bertz CT molecular complexity index is 266. The summed E-state index contributed by atoms with van der Waals surface area (Å²) in [5.74, 6) is 0.577. The molecule has 1 fully saturated rings. The predicted octanol–water partition coefficient (Wildman–Crippen LogP) is 2.10. The van der Waals surface area contributed by atoms with Crippen LogP contribution in [0, 0.1) is 11.8 Å². The summed E-state index contributed by atoms with van der Waals surface area (Å²) in [5.41, 5.74) is 0. The minimum absolute atomic E-state index is 0.0524. The number of aliphatic hydroxyl groups is 1. The summed E-state index contributed by atoms with van der Waals surface area (Å²) in [6, 6.07) is 0. The van der Waals surface area contributed by atoms with Gasteiger partial charge in [-0.2, -0.15) is 0 Å². The lowest BCUT2D eigenvalue weighted by Crippen LogP contribution is -2.40. The number of rotatable bonds is 7. The average Bonchev–Trinajstić information content (AvgIpc) is 2.36. The molecule has 1 heterocycles. The van der Waals surface area contributed by atoms with Crippen molar-refractivity contribution in [3.8, 4) is 0 Å². The van der Waals surface area contributed by atoms with Crippen LogP contribution in [0.4, 0.5) is 0 Å². The van der Waals surface area contributed by atoms with Gasteiger partial charge in [-0.15, -0.1) is 0 Å². The highest BCUT2D eigenvalue weighted by molar-refractivity contribution is 5.78. The summed E-state index contributed by atoms with van der Waals surface area (Å²) >= 11 is 0. The molecule has 1 amide bonds. The van der Waals surface area contributed by atoms with Gasteiger partial charge in [0.2, 0.25) is 5.91 Å². The number of carbonyl (C=O) groups excluding carboxylic acids is 1. The van der Waals surface area contributed by atoms with E-state index in [2.05, 4.69) is 26.1 Å². The molecule has 0 spiro atoms. The second-order valence-corrected chi connectivity index (χ2v) is 6.03. The molecule has 4 nitrogen and oxygen atoms in total. The maximum atomic E-state index is 12.1. The highest BCUT2D eigenvalue weighted by Gasteiger charge is 2.27. The van der Waals surface area contributed by atoms with Crippen LogP contribution in [0.25, 0.3) is 0 Å². The number of hydrogen-bond donors (Lipinski definition) is 2. The Hall–Kier alpha value is -0.610. The van der Waals surface area contributed by atoms with Gasteiger partial charge in [-0.3, -0.25) is 4.79 Å². The van der Waals surface area contributed by atoms with Crippen LogP contribution in [0.1, 0.15) is 52.9 Å². The number of nitrogens with one attached hydrogen (secondary N) is 1. The fourth-order valence-electron chi connectivity index (χ4n) is 2.63. The van der Waals surface area contributed by atoms with Crippen molar-refractivity contribution in [3.05, 3.63) is 0 Å². The third kappa shape index (κ3) is 6.39. The Morgan fingerprint density at radius 2 is 2.21 bits per heavy atom. The van der Waals surface area contributed by atoms with E-state index in [1.807, 2.05) is 0 Å². The highest BCUT2D eigenvalue weighted by Crippen LogP contribution is 2.23. The van der Waals surface area contributed by atoms with Crippen molar-refractivity contribution in [3.63, 3.8) is 0 Å². The lowest BCUT2D eigenvalue weighted by Gasteiger charge is -2.29. The van der Waals surface area contributed by atoms with Crippen LogP contribution in [0.15, 0.2) is 0 Å². The van der Waals surface area contributed by atoms with Crippen molar-refractivity contribution in [1.29, 1.82) is 0 Å². The third-order valence-corrected chi connectivity index (χ3v) is 3.60. The molecular formula is C15H29NO3. The Morgan fingerprint density at radius 3 is 2.84 bits per heavy atom. The van der Waals surface area contributed by atoms with E-state index in [0.717, 1.165) is 32.1 Å². The smallest absolute Gasteiger partial charge is 0.223 e. The van der Waals surface area contributed by atoms with Gasteiger partial charge in [-0.1, -0.05) is 27.2 Å². The topological polar surface area (TPSA) is 58.6 Å². The molecule has 0 aromatic heterocycles. The molecule has 1 aliphatic rings. The van der Waals surface area contributed by atoms with Crippen molar-refractivity contribution >= 4 is 5.91 Å². The molecule has 2 N–H and O–H groups in total. The fourth-order valence-corrected chi connectivity index (χ4v) is 2.63. The van der Waals surface area contributed by atoms with E-state index >= 15 is 0 Å². The van der Waals surface area contributed by atoms with Gasteiger partial charge < -0.3 is 15.2 Å². The molecule has 3 atom stereocenters. The van der Waals surface area contributed by atoms with Crippen molar-refractivity contribution in [2.24, 2.45) is 11.8 Å². The molecule has 0 aromatic carbocycles. The summed E-state index contributed by atoms with van der Waals surface area (Å²) in [4.78, 5) is 12.1. The zero-order valence-corrected chi connectivity index (χ0v) is 12.5. The Labute approximate surface area is 116 Å². The SMILES string of the molecule is CCCC1CC(C(=O)NCC(O)CC(C)C)CCO1. The van der Waals surface area contributed by atoms with Crippen LogP contribution in [0.2, 0.25) is 0 Å². The van der Waals surface area contributed by atoms with Crippen molar-refractivity contribution in [2.45, 2.75) is 65.1 Å². The van der Waals surface area contributed by atoms with E-state index in [9.17, 15) is 9.90 Å². The van der Waals surface area contributed by atoms with E-state index in [4.69, 9.17) is 4.74 Å². The Morgan fingerprint density at radius 1 is 1.47 bits per heavy atom. The first-order chi connectivity index (χ1) is 9.02. The molecule has 0 aliphatic carbocycles. The fraction of sp³-hybridized carbons (Fsp3) is 0.933. The molecule has 112 valence electrons. The maximum absolute atomic E-state index is 12.1. The molecule has 1 rings (SSSR count). The number of ether oxygens (including phenoxy) is 1. The summed E-state index contributed by atoms with van der Waals surface area (Å²) in [5, 5.41) is 12.6. The zero-order chi connectivity index (χ0) is 14.3. The van der Waals surface area contributed by atoms with Gasteiger partial charge in [0, 0.05) is 19.1 Å². The summed E-state index contributed by atoms with van der Waals surface area (Å²) in [6.07, 6.45) is 4.26. The molecule has 4 heteroatoms. The largest absolute Gasteiger partial charge is 0.391 e. The second-order valence-electron chi connectivity index (χ2n) is 6.03. The van der Waals surface area contributed by atoms with Gasteiger partial charge in [0.1, 0.15) is 0 Å². The molecule has 1 saturated heterocycles. The molecule has 0 aromatic rings. The zero-order valence-electron chi connectivity index (χ0n) is 12.5. The number of carbonyl (C=O) groups is 1. The van der Waals surface area contributed by atoms with Crippen molar-refractivity contribution < 1.29 is 14.6 Å². The maximum Gasteiger partial charge on any atom is 0.223 e. The monoisotopic (exact) mass is 271 g/mol. The normalized spacial score (nSPS) is 25.3. The van der Waals surface area contributed by atoms with E-state index in [0.29, 0.717) is 19.1 Å². The van der Waals surface area contributed by atoms with Gasteiger partial charge in [-0.05, 0) is 31.6 Å².